The number of rotatable bonds is 9. The van der Waals surface area contributed by atoms with E-state index in [1.807, 2.05) is 36.1 Å². The van der Waals surface area contributed by atoms with Crippen LogP contribution in [0.3, 0.4) is 0 Å². The highest BCUT2D eigenvalue weighted by atomic mass is 32.2. The minimum Gasteiger partial charge on any atom is -0.490 e. The van der Waals surface area contributed by atoms with E-state index in [4.69, 9.17) is 10.5 Å². The van der Waals surface area contributed by atoms with Crippen LogP contribution in [-0.4, -0.2) is 65.5 Å². The lowest BCUT2D eigenvalue weighted by Gasteiger charge is -2.28. The quantitative estimate of drug-likeness (QED) is 0.243. The number of hydrogen-bond donors (Lipinski definition) is 3. The highest BCUT2D eigenvalue weighted by molar-refractivity contribution is 7.89. The van der Waals surface area contributed by atoms with Crippen LogP contribution in [0, 0.1) is 5.82 Å². The van der Waals surface area contributed by atoms with Crippen LogP contribution < -0.4 is 15.8 Å². The number of unbranched alkanes of at least 4 members (excludes halogenated alkanes) is 1. The average Bonchev–Trinajstić information content (AvgIpc) is 3.46. The fourth-order valence-electron chi connectivity index (χ4n) is 5.68. The summed E-state index contributed by atoms with van der Waals surface area (Å²) in [4.78, 5) is 10.5. The van der Waals surface area contributed by atoms with Gasteiger partial charge in [0.15, 0.2) is 17.8 Å². The Balaban J connectivity index is 1.46. The molecule has 6 rings (SSSR count). The number of hydrogen-bond acceptors (Lipinski definition) is 9. The normalized spacial score (nSPS) is 16.8. The molecule has 1 saturated heterocycles. The molecular weight excluding hydrogens is 571 g/mol. The Hall–Kier alpha value is -3.68. The van der Waals surface area contributed by atoms with Crippen molar-refractivity contribution in [3.8, 4) is 16.9 Å². The highest BCUT2D eigenvalue weighted by Crippen LogP contribution is 2.38. The van der Waals surface area contributed by atoms with Gasteiger partial charge in [-0.05, 0) is 47.4 Å². The van der Waals surface area contributed by atoms with Gasteiger partial charge in [-0.1, -0.05) is 43.7 Å². The smallest absolute Gasteiger partial charge is 0.243 e. The summed E-state index contributed by atoms with van der Waals surface area (Å²) in [5.74, 6) is -0.747. The minimum atomic E-state index is -4.05. The molecule has 1 unspecified atom stereocenters. The molecule has 12 heteroatoms. The summed E-state index contributed by atoms with van der Waals surface area (Å²) >= 11 is 0. The van der Waals surface area contributed by atoms with E-state index in [0.717, 1.165) is 30.0 Å². The maximum Gasteiger partial charge on any atom is 0.243 e. The highest BCUT2D eigenvalue weighted by Gasteiger charge is 2.31. The van der Waals surface area contributed by atoms with E-state index in [2.05, 4.69) is 15.3 Å². The van der Waals surface area contributed by atoms with Crippen molar-refractivity contribution in [2.24, 2.45) is 0 Å². The van der Waals surface area contributed by atoms with Gasteiger partial charge in [-0.2, -0.15) is 4.31 Å². The molecule has 3 aromatic carbocycles. The van der Waals surface area contributed by atoms with Crippen molar-refractivity contribution in [3.05, 3.63) is 77.2 Å². The van der Waals surface area contributed by atoms with E-state index < -0.39 is 22.1 Å². The molecule has 0 radical (unpaired) electrons. The predicted octanol–water partition coefficient (Wildman–Crippen LogP) is 3.80. The third kappa shape index (κ3) is 5.80. The molecule has 0 amide bonds. The Morgan fingerprint density at radius 1 is 1.07 bits per heavy atom. The SMILES string of the molecule is CCCCOc1cc(-c2ccc3nc(N)nc(C(O)N4Cc5ccccc5C4)c3c2)c(S(=O)(=O)N2CCNCC2)cc1F. The van der Waals surface area contributed by atoms with Gasteiger partial charge in [0.25, 0.3) is 0 Å². The molecule has 0 saturated carbocycles. The van der Waals surface area contributed by atoms with Crippen molar-refractivity contribution in [1.29, 1.82) is 0 Å². The van der Waals surface area contributed by atoms with E-state index in [1.165, 1.54) is 10.4 Å². The van der Waals surface area contributed by atoms with E-state index in [0.29, 0.717) is 60.5 Å². The Kier molecular flexibility index (Phi) is 8.29. The molecular formula is C31H35FN6O4S. The molecule has 10 nitrogen and oxygen atoms in total. The zero-order valence-corrected chi connectivity index (χ0v) is 24.8. The van der Waals surface area contributed by atoms with Crippen molar-refractivity contribution >= 4 is 26.9 Å². The molecule has 2 aliphatic rings. The van der Waals surface area contributed by atoms with Crippen LogP contribution in [-0.2, 0) is 23.1 Å². The van der Waals surface area contributed by atoms with Gasteiger partial charge in [0.05, 0.1) is 22.7 Å². The van der Waals surface area contributed by atoms with Crippen molar-refractivity contribution in [1.82, 2.24) is 24.5 Å². The molecule has 1 atom stereocenters. The monoisotopic (exact) mass is 606 g/mol. The second-order valence-electron chi connectivity index (χ2n) is 10.9. The summed E-state index contributed by atoms with van der Waals surface area (Å²) in [6.45, 7) is 4.94. The topological polar surface area (TPSA) is 134 Å². The van der Waals surface area contributed by atoms with Gasteiger partial charge in [0, 0.05) is 50.2 Å². The van der Waals surface area contributed by atoms with E-state index in [9.17, 15) is 13.5 Å². The first-order valence-electron chi connectivity index (χ1n) is 14.5. The van der Waals surface area contributed by atoms with E-state index in [-0.39, 0.29) is 29.7 Å². The molecule has 4 N–H and O–H groups in total. The number of aliphatic hydroxyl groups is 1. The number of ether oxygens (including phenoxy) is 1. The van der Waals surface area contributed by atoms with Crippen molar-refractivity contribution in [2.75, 3.05) is 38.5 Å². The number of halogens is 1. The van der Waals surface area contributed by atoms with Crippen LogP contribution in [0.2, 0.25) is 0 Å². The molecule has 43 heavy (non-hydrogen) atoms. The van der Waals surface area contributed by atoms with Gasteiger partial charge in [-0.3, -0.25) is 4.90 Å². The number of benzene rings is 3. The number of aliphatic hydroxyl groups excluding tert-OH is 1. The number of nitrogens with two attached hydrogens (primary N) is 1. The van der Waals surface area contributed by atoms with Gasteiger partial charge in [-0.15, -0.1) is 0 Å². The molecule has 2 aliphatic heterocycles. The second kappa shape index (κ2) is 12.1. The maximum atomic E-state index is 15.3. The first kappa shape index (κ1) is 29.4. The minimum absolute atomic E-state index is 0.0152. The molecule has 3 heterocycles. The lowest BCUT2D eigenvalue weighted by Crippen LogP contribution is -2.46. The lowest BCUT2D eigenvalue weighted by atomic mass is 10.0. The van der Waals surface area contributed by atoms with Gasteiger partial charge in [0.2, 0.25) is 16.0 Å². The first-order chi connectivity index (χ1) is 20.8. The molecule has 1 fully saturated rings. The molecule has 4 aromatic rings. The third-order valence-electron chi connectivity index (χ3n) is 7.99. The molecule has 0 aliphatic carbocycles. The zero-order valence-electron chi connectivity index (χ0n) is 24.0. The fraction of sp³-hybridized carbons (Fsp3) is 0.355. The number of nitrogens with zero attached hydrogens (tertiary/aromatic N) is 4. The van der Waals surface area contributed by atoms with Crippen LogP contribution in [0.15, 0.2) is 59.5 Å². The van der Waals surface area contributed by atoms with Crippen molar-refractivity contribution in [2.45, 2.75) is 44.0 Å². The summed E-state index contributed by atoms with van der Waals surface area (Å²) in [5.41, 5.74) is 9.89. The van der Waals surface area contributed by atoms with Crippen LogP contribution in [0.1, 0.15) is 42.8 Å². The van der Waals surface area contributed by atoms with Gasteiger partial charge < -0.3 is 20.9 Å². The molecule has 226 valence electrons. The fourth-order valence-corrected chi connectivity index (χ4v) is 7.32. The largest absolute Gasteiger partial charge is 0.490 e. The van der Waals surface area contributed by atoms with E-state index in [1.54, 1.807) is 18.2 Å². The van der Waals surface area contributed by atoms with E-state index >= 15 is 4.39 Å². The second-order valence-corrected chi connectivity index (χ2v) is 12.8. The van der Waals surface area contributed by atoms with Crippen LogP contribution in [0.25, 0.3) is 22.0 Å². The molecule has 1 aromatic heterocycles. The third-order valence-corrected chi connectivity index (χ3v) is 9.93. The van der Waals surface area contributed by atoms with Gasteiger partial charge in [0.1, 0.15) is 0 Å². The summed E-state index contributed by atoms with van der Waals surface area (Å²) < 4.78 is 50.2. The summed E-state index contributed by atoms with van der Waals surface area (Å²) in [7, 11) is -4.05. The van der Waals surface area contributed by atoms with Crippen LogP contribution >= 0.6 is 0 Å². The van der Waals surface area contributed by atoms with Gasteiger partial charge in [-0.25, -0.2) is 22.8 Å². The number of fused-ring (bicyclic) bond motifs is 2. The van der Waals surface area contributed by atoms with Crippen LogP contribution in [0.5, 0.6) is 5.75 Å². The number of piperazine rings is 1. The number of sulfonamides is 1. The Morgan fingerprint density at radius 2 is 1.79 bits per heavy atom. The van der Waals surface area contributed by atoms with Crippen LogP contribution in [0.4, 0.5) is 10.3 Å². The van der Waals surface area contributed by atoms with Crippen molar-refractivity contribution in [3.63, 3.8) is 0 Å². The predicted molar refractivity (Wildman–Crippen MR) is 162 cm³/mol. The molecule has 0 bridgehead atoms. The summed E-state index contributed by atoms with van der Waals surface area (Å²) in [5, 5.41) is 15.2. The average molecular weight is 607 g/mol. The number of aromatic nitrogens is 2. The molecule has 0 spiro atoms. The lowest BCUT2D eigenvalue weighted by molar-refractivity contribution is -0.00372. The zero-order chi connectivity index (χ0) is 30.1. The standard InChI is InChI=1S/C31H35FN6O4S/c1-2-3-14-42-27-16-23(28(17-25(27)32)43(40,41)38-12-10-34-11-13-38)20-8-9-26-24(15-20)29(36-31(33)35-26)30(39)37-18-21-6-4-5-7-22(21)19-37/h4-9,15-17,30,34,39H,2-3,10-14,18-19H2,1H3,(H2,33,35,36). The maximum absolute atomic E-state index is 15.3. The number of nitrogen functional groups attached to an aromatic ring is 1. The Labute approximate surface area is 250 Å². The number of nitrogens with one attached hydrogen (secondary N) is 1. The Bertz CT molecular complexity index is 1740. The van der Waals surface area contributed by atoms with Crippen molar-refractivity contribution < 1.29 is 22.7 Å². The summed E-state index contributed by atoms with van der Waals surface area (Å²) in [6, 6.07) is 15.7. The number of anilines is 1. The summed E-state index contributed by atoms with van der Waals surface area (Å²) in [6.07, 6.45) is 0.498. The first-order valence-corrected chi connectivity index (χ1v) is 15.9. The Morgan fingerprint density at radius 3 is 2.49 bits per heavy atom. The van der Waals surface area contributed by atoms with Gasteiger partial charge >= 0.3 is 0 Å².